The number of halogens is 4. The third-order valence-electron chi connectivity index (χ3n) is 2.74. The molecular weight excluding hydrogens is 338 g/mol. The molecule has 0 saturated heterocycles. The highest BCUT2D eigenvalue weighted by Gasteiger charge is 2.20. The van der Waals surface area contributed by atoms with E-state index in [9.17, 15) is 8.78 Å². The minimum atomic E-state index is -0.614. The van der Waals surface area contributed by atoms with Crippen molar-refractivity contribution >= 4 is 27.5 Å². The Morgan fingerprint density at radius 3 is 2.53 bits per heavy atom. The quantitative estimate of drug-likeness (QED) is 0.701. The van der Waals surface area contributed by atoms with Crippen LogP contribution in [0.15, 0.2) is 36.4 Å². The lowest BCUT2D eigenvalue weighted by atomic mass is 10.0. The van der Waals surface area contributed by atoms with Crippen LogP contribution >= 0.6 is 27.5 Å². The van der Waals surface area contributed by atoms with Gasteiger partial charge in [-0.2, -0.15) is 0 Å². The highest BCUT2D eigenvalue weighted by molar-refractivity contribution is 9.09. The van der Waals surface area contributed by atoms with E-state index >= 15 is 0 Å². The number of hydrogen-bond donors (Lipinski definition) is 0. The fraction of sp³-hybridized carbons (Fsp3) is 0.143. The zero-order chi connectivity index (χ0) is 14.0. The average molecular weight is 348 g/mol. The minimum Gasteiger partial charge on any atom is -0.497 e. The Labute approximate surface area is 123 Å². The van der Waals surface area contributed by atoms with E-state index < -0.39 is 16.5 Å². The van der Waals surface area contributed by atoms with Crippen molar-refractivity contribution in [1.82, 2.24) is 0 Å². The van der Waals surface area contributed by atoms with Crippen LogP contribution in [-0.2, 0) is 0 Å². The van der Waals surface area contributed by atoms with Crippen LogP contribution in [0.3, 0.4) is 0 Å². The van der Waals surface area contributed by atoms with Crippen molar-refractivity contribution in [3.8, 4) is 5.75 Å². The second-order valence-electron chi connectivity index (χ2n) is 3.89. The van der Waals surface area contributed by atoms with Crippen molar-refractivity contribution in [1.29, 1.82) is 0 Å². The number of hydrogen-bond acceptors (Lipinski definition) is 1. The van der Waals surface area contributed by atoms with E-state index in [0.29, 0.717) is 11.3 Å². The Kier molecular flexibility index (Phi) is 4.42. The maximum Gasteiger partial charge on any atom is 0.146 e. The fourth-order valence-corrected chi connectivity index (χ4v) is 2.63. The van der Waals surface area contributed by atoms with Crippen molar-refractivity contribution in [2.24, 2.45) is 0 Å². The molecule has 2 aromatic rings. The molecule has 0 aromatic heterocycles. The van der Waals surface area contributed by atoms with E-state index in [4.69, 9.17) is 16.3 Å². The molecular formula is C14H10BrClF2O. The highest BCUT2D eigenvalue weighted by Crippen LogP contribution is 2.36. The standard InChI is InChI=1S/C14H10BrClF2O/c1-19-8-5-6-9(12(17)7-8)13(15)10-3-2-4-11(16)14(10)18/h2-7,13H,1H3. The third kappa shape index (κ3) is 2.90. The predicted molar refractivity (Wildman–Crippen MR) is 75.1 cm³/mol. The van der Waals surface area contributed by atoms with Crippen molar-refractivity contribution in [2.45, 2.75) is 4.83 Å². The van der Waals surface area contributed by atoms with Gasteiger partial charge in [0.25, 0.3) is 0 Å². The van der Waals surface area contributed by atoms with Gasteiger partial charge in [0, 0.05) is 17.2 Å². The molecule has 0 aliphatic heterocycles. The van der Waals surface area contributed by atoms with Crippen LogP contribution in [0.25, 0.3) is 0 Å². The molecule has 19 heavy (non-hydrogen) atoms. The Morgan fingerprint density at radius 2 is 1.89 bits per heavy atom. The summed E-state index contributed by atoms with van der Waals surface area (Å²) >= 11 is 9.02. The van der Waals surface area contributed by atoms with Crippen LogP contribution in [0.5, 0.6) is 5.75 Å². The Bertz CT molecular complexity index is 604. The molecule has 0 aliphatic rings. The van der Waals surface area contributed by atoms with Gasteiger partial charge in [0.15, 0.2) is 0 Å². The summed E-state index contributed by atoms with van der Waals surface area (Å²) in [5.74, 6) is -0.616. The second kappa shape index (κ2) is 5.88. The number of methoxy groups -OCH3 is 1. The zero-order valence-corrected chi connectivity index (χ0v) is 12.3. The van der Waals surface area contributed by atoms with E-state index in [1.807, 2.05) is 0 Å². The minimum absolute atomic E-state index is 0.0101. The molecule has 0 saturated carbocycles. The molecule has 0 bridgehead atoms. The Balaban J connectivity index is 2.44. The smallest absolute Gasteiger partial charge is 0.146 e. The van der Waals surface area contributed by atoms with Gasteiger partial charge < -0.3 is 4.74 Å². The molecule has 5 heteroatoms. The second-order valence-corrected chi connectivity index (χ2v) is 5.22. The Morgan fingerprint density at radius 1 is 1.16 bits per heavy atom. The first-order chi connectivity index (χ1) is 9.04. The van der Waals surface area contributed by atoms with Gasteiger partial charge in [-0.25, -0.2) is 8.78 Å². The van der Waals surface area contributed by atoms with Gasteiger partial charge in [0.05, 0.1) is 17.0 Å². The van der Waals surface area contributed by atoms with Crippen molar-refractivity contribution in [3.05, 3.63) is 64.2 Å². The summed E-state index contributed by atoms with van der Waals surface area (Å²) in [5, 5.41) is 0.0101. The van der Waals surface area contributed by atoms with Crippen LogP contribution in [0.1, 0.15) is 16.0 Å². The first-order valence-corrected chi connectivity index (χ1v) is 6.75. The van der Waals surface area contributed by atoms with Crippen molar-refractivity contribution in [3.63, 3.8) is 0 Å². The summed E-state index contributed by atoms with van der Waals surface area (Å²) in [6, 6.07) is 9.06. The van der Waals surface area contributed by atoms with Gasteiger partial charge in [0.1, 0.15) is 17.4 Å². The molecule has 0 N–H and O–H groups in total. The zero-order valence-electron chi connectivity index (χ0n) is 9.96. The number of rotatable bonds is 3. The predicted octanol–water partition coefficient (Wildman–Crippen LogP) is 5.11. The van der Waals surface area contributed by atoms with Crippen LogP contribution in [0.2, 0.25) is 5.02 Å². The van der Waals surface area contributed by atoms with Crippen molar-refractivity contribution in [2.75, 3.05) is 7.11 Å². The van der Waals surface area contributed by atoms with Gasteiger partial charge in [0.2, 0.25) is 0 Å². The number of alkyl halides is 1. The van der Waals surface area contributed by atoms with Crippen LogP contribution in [0, 0.1) is 11.6 Å². The molecule has 1 unspecified atom stereocenters. The molecule has 0 heterocycles. The van der Waals surface area contributed by atoms with Gasteiger partial charge in [-0.3, -0.25) is 0 Å². The third-order valence-corrected chi connectivity index (χ3v) is 4.01. The molecule has 1 atom stereocenters. The molecule has 2 rings (SSSR count). The van der Waals surface area contributed by atoms with E-state index in [1.54, 1.807) is 24.3 Å². The van der Waals surface area contributed by atoms with Gasteiger partial charge >= 0.3 is 0 Å². The molecule has 0 amide bonds. The summed E-state index contributed by atoms with van der Waals surface area (Å²) in [4.78, 5) is -0.614. The maximum absolute atomic E-state index is 13.9. The first kappa shape index (κ1) is 14.3. The lowest BCUT2D eigenvalue weighted by Gasteiger charge is -2.14. The normalized spacial score (nSPS) is 12.3. The molecule has 1 nitrogen and oxygen atoms in total. The SMILES string of the molecule is COc1ccc(C(Br)c2cccc(Cl)c2F)c(F)c1. The first-order valence-electron chi connectivity index (χ1n) is 5.46. The van der Waals surface area contributed by atoms with Gasteiger partial charge in [-0.1, -0.05) is 45.7 Å². The average Bonchev–Trinajstić information content (AvgIpc) is 2.41. The number of ether oxygens (including phenoxy) is 1. The van der Waals surface area contributed by atoms with E-state index in [-0.39, 0.29) is 10.6 Å². The van der Waals surface area contributed by atoms with Crippen LogP contribution in [-0.4, -0.2) is 7.11 Å². The summed E-state index contributed by atoms with van der Waals surface area (Å²) in [5.41, 5.74) is 0.610. The van der Waals surface area contributed by atoms with Gasteiger partial charge in [-0.15, -0.1) is 0 Å². The monoisotopic (exact) mass is 346 g/mol. The fourth-order valence-electron chi connectivity index (χ4n) is 1.72. The van der Waals surface area contributed by atoms with Gasteiger partial charge in [-0.05, 0) is 12.1 Å². The molecule has 0 aliphatic carbocycles. The number of benzene rings is 2. The summed E-state index contributed by atoms with van der Waals surface area (Å²) in [6.45, 7) is 0. The largest absolute Gasteiger partial charge is 0.497 e. The highest BCUT2D eigenvalue weighted by atomic mass is 79.9. The lowest BCUT2D eigenvalue weighted by molar-refractivity contribution is 0.411. The summed E-state index contributed by atoms with van der Waals surface area (Å²) in [7, 11) is 1.46. The Hall–Kier alpha value is -1.13. The molecule has 0 spiro atoms. The summed E-state index contributed by atoms with van der Waals surface area (Å²) in [6.07, 6.45) is 0. The van der Waals surface area contributed by atoms with Crippen molar-refractivity contribution < 1.29 is 13.5 Å². The van der Waals surface area contributed by atoms with E-state index in [2.05, 4.69) is 15.9 Å². The van der Waals surface area contributed by atoms with Crippen LogP contribution < -0.4 is 4.74 Å². The molecule has 2 aromatic carbocycles. The maximum atomic E-state index is 13.9. The molecule has 100 valence electrons. The van der Waals surface area contributed by atoms with Crippen LogP contribution in [0.4, 0.5) is 8.78 Å². The van der Waals surface area contributed by atoms with E-state index in [1.165, 1.54) is 19.2 Å². The lowest BCUT2D eigenvalue weighted by Crippen LogP contribution is -2.00. The molecule has 0 fully saturated rings. The topological polar surface area (TPSA) is 9.23 Å². The molecule has 0 radical (unpaired) electrons. The summed E-state index contributed by atoms with van der Waals surface area (Å²) < 4.78 is 32.8. The van der Waals surface area contributed by atoms with E-state index in [0.717, 1.165) is 0 Å².